The Balaban J connectivity index is 1.72. The van der Waals surface area contributed by atoms with Gasteiger partial charge in [0.05, 0.1) is 17.9 Å². The quantitative estimate of drug-likeness (QED) is 0.717. The van der Waals surface area contributed by atoms with E-state index in [9.17, 15) is 17.6 Å². The van der Waals surface area contributed by atoms with Gasteiger partial charge in [0.1, 0.15) is 5.82 Å². The summed E-state index contributed by atoms with van der Waals surface area (Å²) in [5.74, 6) is -1.24. The third kappa shape index (κ3) is 5.25. The Morgan fingerprint density at radius 2 is 1.82 bits per heavy atom. The van der Waals surface area contributed by atoms with E-state index in [1.54, 1.807) is 13.0 Å². The van der Waals surface area contributed by atoms with E-state index in [0.29, 0.717) is 37.2 Å². The summed E-state index contributed by atoms with van der Waals surface area (Å²) in [6.45, 7) is 2.24. The second-order valence-corrected chi connectivity index (χ2v) is 8.95. The summed E-state index contributed by atoms with van der Waals surface area (Å²) in [7, 11) is -3.62. The lowest BCUT2D eigenvalue weighted by Crippen LogP contribution is -2.35. The number of nitrogens with one attached hydrogen (secondary N) is 1. The van der Waals surface area contributed by atoms with Crippen LogP contribution in [0.4, 0.5) is 4.39 Å². The SMILES string of the molecule is Cc1cc(-c2ccccc2)cc(C(=O)CNS(=O)(=O)CC2CCOCC2)c1F. The van der Waals surface area contributed by atoms with E-state index in [4.69, 9.17) is 4.74 Å². The molecule has 3 rings (SSSR count). The number of rotatable bonds is 7. The topological polar surface area (TPSA) is 72.5 Å². The highest BCUT2D eigenvalue weighted by molar-refractivity contribution is 7.89. The van der Waals surface area contributed by atoms with Crippen LogP contribution in [0, 0.1) is 18.7 Å². The summed E-state index contributed by atoms with van der Waals surface area (Å²) in [4.78, 5) is 12.6. The molecule has 0 spiro atoms. The van der Waals surface area contributed by atoms with Crippen molar-refractivity contribution in [1.29, 1.82) is 0 Å². The minimum Gasteiger partial charge on any atom is -0.381 e. The van der Waals surface area contributed by atoms with Crippen LogP contribution >= 0.6 is 0 Å². The van der Waals surface area contributed by atoms with Gasteiger partial charge in [-0.05, 0) is 54.5 Å². The number of hydrogen-bond acceptors (Lipinski definition) is 4. The Kier molecular flexibility index (Phi) is 6.59. The minimum atomic E-state index is -3.62. The molecule has 1 aliphatic heterocycles. The van der Waals surface area contributed by atoms with Gasteiger partial charge in [-0.2, -0.15) is 0 Å². The summed E-state index contributed by atoms with van der Waals surface area (Å²) in [5, 5.41) is 0. The number of sulfonamides is 1. The van der Waals surface area contributed by atoms with E-state index < -0.39 is 28.2 Å². The molecule has 150 valence electrons. The average molecular weight is 405 g/mol. The summed E-state index contributed by atoms with van der Waals surface area (Å²) < 4.78 is 46.6. The fourth-order valence-corrected chi connectivity index (χ4v) is 4.75. The van der Waals surface area contributed by atoms with E-state index in [1.165, 1.54) is 6.07 Å². The van der Waals surface area contributed by atoms with E-state index >= 15 is 0 Å². The van der Waals surface area contributed by atoms with E-state index in [-0.39, 0.29) is 17.2 Å². The fourth-order valence-electron chi connectivity index (χ4n) is 3.32. The molecular weight excluding hydrogens is 381 g/mol. The van der Waals surface area contributed by atoms with Gasteiger partial charge in [-0.25, -0.2) is 17.5 Å². The van der Waals surface area contributed by atoms with Crippen molar-refractivity contribution in [2.24, 2.45) is 5.92 Å². The summed E-state index contributed by atoms with van der Waals surface area (Å²) >= 11 is 0. The lowest BCUT2D eigenvalue weighted by Gasteiger charge is -2.21. The van der Waals surface area contributed by atoms with Crippen molar-refractivity contribution in [2.75, 3.05) is 25.5 Å². The zero-order valence-electron chi connectivity index (χ0n) is 15.8. The standard InChI is InChI=1S/C21H24FNO4S/c1-15-11-18(17-5-3-2-4-6-17)12-19(21(15)22)20(24)13-23-28(25,26)14-16-7-9-27-10-8-16/h2-6,11-12,16,23H,7-10,13-14H2,1H3. The molecule has 2 aromatic carbocycles. The maximum Gasteiger partial charge on any atom is 0.212 e. The van der Waals surface area contributed by atoms with E-state index in [1.807, 2.05) is 30.3 Å². The van der Waals surface area contributed by atoms with Crippen molar-refractivity contribution in [3.8, 4) is 11.1 Å². The number of halogens is 1. The van der Waals surface area contributed by atoms with Crippen molar-refractivity contribution in [3.05, 3.63) is 59.4 Å². The second-order valence-electron chi connectivity index (χ2n) is 7.10. The number of carbonyl (C=O) groups is 1. The summed E-state index contributed by atoms with van der Waals surface area (Å²) in [6, 6.07) is 12.5. The van der Waals surface area contributed by atoms with Crippen LogP contribution in [0.15, 0.2) is 42.5 Å². The predicted molar refractivity (Wildman–Crippen MR) is 106 cm³/mol. The van der Waals surface area contributed by atoms with Crippen LogP contribution < -0.4 is 4.72 Å². The number of hydrogen-bond donors (Lipinski definition) is 1. The van der Waals surface area contributed by atoms with Gasteiger partial charge in [0.2, 0.25) is 10.0 Å². The number of ether oxygens (including phenoxy) is 1. The molecule has 0 amide bonds. The van der Waals surface area contributed by atoms with Crippen molar-refractivity contribution >= 4 is 15.8 Å². The molecule has 0 saturated carbocycles. The number of benzene rings is 2. The molecule has 1 N–H and O–H groups in total. The first-order chi connectivity index (χ1) is 13.4. The Bertz CT molecular complexity index is 938. The van der Waals surface area contributed by atoms with Crippen LogP contribution in [-0.4, -0.2) is 39.7 Å². The van der Waals surface area contributed by atoms with Crippen LogP contribution in [0.3, 0.4) is 0 Å². The number of aryl methyl sites for hydroxylation is 1. The lowest BCUT2D eigenvalue weighted by molar-refractivity contribution is 0.0722. The average Bonchev–Trinajstić information content (AvgIpc) is 2.69. The van der Waals surface area contributed by atoms with E-state index in [2.05, 4.69) is 4.72 Å². The maximum absolute atomic E-state index is 14.5. The van der Waals surface area contributed by atoms with Gasteiger partial charge < -0.3 is 4.74 Å². The van der Waals surface area contributed by atoms with Crippen LogP contribution in [-0.2, 0) is 14.8 Å². The summed E-state index contributed by atoms with van der Waals surface area (Å²) in [5.41, 5.74) is 1.81. The fraction of sp³-hybridized carbons (Fsp3) is 0.381. The molecule has 0 unspecified atom stereocenters. The highest BCUT2D eigenvalue weighted by Crippen LogP contribution is 2.25. The second kappa shape index (κ2) is 8.94. The number of Topliss-reactive ketones (excluding diaryl/α,β-unsaturated/α-hetero) is 1. The number of ketones is 1. The highest BCUT2D eigenvalue weighted by atomic mass is 32.2. The normalized spacial score (nSPS) is 15.5. The first-order valence-corrected chi connectivity index (χ1v) is 10.9. The zero-order chi connectivity index (χ0) is 20.1. The molecule has 1 heterocycles. The molecule has 1 saturated heterocycles. The van der Waals surface area contributed by atoms with Crippen molar-refractivity contribution in [2.45, 2.75) is 19.8 Å². The third-order valence-corrected chi connectivity index (χ3v) is 6.41. The molecule has 5 nitrogen and oxygen atoms in total. The largest absolute Gasteiger partial charge is 0.381 e. The molecule has 1 fully saturated rings. The Morgan fingerprint density at radius 1 is 1.14 bits per heavy atom. The minimum absolute atomic E-state index is 0.0155. The molecule has 0 bridgehead atoms. The molecule has 0 aliphatic carbocycles. The van der Waals surface area contributed by atoms with Gasteiger partial charge in [0.25, 0.3) is 0 Å². The van der Waals surface area contributed by atoms with Crippen LogP contribution in [0.1, 0.15) is 28.8 Å². The van der Waals surface area contributed by atoms with Crippen molar-refractivity contribution < 1.29 is 22.3 Å². The van der Waals surface area contributed by atoms with Crippen LogP contribution in [0.2, 0.25) is 0 Å². The zero-order valence-corrected chi connectivity index (χ0v) is 16.6. The molecule has 0 radical (unpaired) electrons. The van der Waals surface area contributed by atoms with Crippen molar-refractivity contribution in [3.63, 3.8) is 0 Å². The molecule has 28 heavy (non-hydrogen) atoms. The van der Waals surface area contributed by atoms with Crippen LogP contribution in [0.5, 0.6) is 0 Å². The number of carbonyl (C=O) groups excluding carboxylic acids is 1. The van der Waals surface area contributed by atoms with Gasteiger partial charge in [-0.1, -0.05) is 30.3 Å². The van der Waals surface area contributed by atoms with Gasteiger partial charge in [-0.15, -0.1) is 0 Å². The van der Waals surface area contributed by atoms with Gasteiger partial charge in [-0.3, -0.25) is 4.79 Å². The maximum atomic E-state index is 14.5. The molecule has 2 aromatic rings. The van der Waals surface area contributed by atoms with Gasteiger partial charge in [0.15, 0.2) is 5.78 Å². The van der Waals surface area contributed by atoms with E-state index in [0.717, 1.165) is 5.56 Å². The van der Waals surface area contributed by atoms with Crippen LogP contribution in [0.25, 0.3) is 11.1 Å². The molecule has 0 aromatic heterocycles. The monoisotopic (exact) mass is 405 g/mol. The first-order valence-electron chi connectivity index (χ1n) is 9.29. The van der Waals surface area contributed by atoms with Crippen molar-refractivity contribution in [1.82, 2.24) is 4.72 Å². The molecule has 1 aliphatic rings. The molecule has 7 heteroatoms. The smallest absolute Gasteiger partial charge is 0.212 e. The third-order valence-electron chi connectivity index (χ3n) is 4.91. The summed E-state index contributed by atoms with van der Waals surface area (Å²) in [6.07, 6.45) is 1.36. The van der Waals surface area contributed by atoms with Gasteiger partial charge >= 0.3 is 0 Å². The molecular formula is C21H24FNO4S. The first kappa shape index (κ1) is 20.6. The Hall–Kier alpha value is -2.09. The highest BCUT2D eigenvalue weighted by Gasteiger charge is 2.23. The Labute approximate surface area is 165 Å². The lowest BCUT2D eigenvalue weighted by atomic mass is 9.98. The predicted octanol–water partition coefficient (Wildman–Crippen LogP) is 3.33. The van der Waals surface area contributed by atoms with Gasteiger partial charge in [0, 0.05) is 13.2 Å². The Morgan fingerprint density at radius 3 is 2.50 bits per heavy atom. The molecule has 0 atom stereocenters.